The number of hydrogen-bond donors (Lipinski definition) is 1. The number of rotatable bonds is 8. The van der Waals surface area contributed by atoms with Gasteiger partial charge in [0.15, 0.2) is 0 Å². The number of aromatic nitrogens is 1. The summed E-state index contributed by atoms with van der Waals surface area (Å²) in [7, 11) is 2.13. The second kappa shape index (κ2) is 8.07. The summed E-state index contributed by atoms with van der Waals surface area (Å²) in [4.78, 5) is 6.76. The maximum atomic E-state index is 4.50. The van der Waals surface area contributed by atoms with Gasteiger partial charge < -0.3 is 10.2 Å². The molecular weight excluding hydrogens is 210 g/mol. The van der Waals surface area contributed by atoms with Crippen LogP contribution >= 0.6 is 0 Å². The van der Waals surface area contributed by atoms with Gasteiger partial charge in [-0.2, -0.15) is 0 Å². The Hall–Kier alpha value is -1.09. The lowest BCUT2D eigenvalue weighted by Gasteiger charge is -2.21. The quantitative estimate of drug-likeness (QED) is 0.702. The van der Waals surface area contributed by atoms with E-state index in [1.54, 1.807) is 0 Å². The minimum absolute atomic E-state index is 0.901. The molecule has 0 fully saturated rings. The normalized spacial score (nSPS) is 10.5. The minimum Gasteiger partial charge on any atom is -0.359 e. The molecule has 1 N–H and O–H groups in total. The molecule has 0 saturated heterocycles. The van der Waals surface area contributed by atoms with Crippen molar-refractivity contribution in [3.8, 4) is 0 Å². The molecule has 0 spiro atoms. The highest BCUT2D eigenvalue weighted by molar-refractivity contribution is 5.45. The Bertz CT molecular complexity index is 312. The Morgan fingerprint density at radius 1 is 1.29 bits per heavy atom. The first-order valence-corrected chi connectivity index (χ1v) is 6.65. The van der Waals surface area contributed by atoms with Gasteiger partial charge in [-0.05, 0) is 19.0 Å². The highest BCUT2D eigenvalue weighted by Gasteiger charge is 2.07. The highest BCUT2D eigenvalue weighted by Crippen LogP contribution is 2.16. The number of nitrogens with one attached hydrogen (secondary N) is 1. The molecule has 3 nitrogen and oxygen atoms in total. The largest absolute Gasteiger partial charge is 0.359 e. The van der Waals surface area contributed by atoms with E-state index in [1.165, 1.54) is 24.8 Å². The predicted octanol–water partition coefficient (Wildman–Crippen LogP) is 2.82. The summed E-state index contributed by atoms with van der Waals surface area (Å²) >= 11 is 0. The second-order valence-electron chi connectivity index (χ2n) is 4.40. The van der Waals surface area contributed by atoms with E-state index in [2.05, 4.69) is 42.2 Å². The van der Waals surface area contributed by atoms with Crippen LogP contribution in [0.1, 0.15) is 38.7 Å². The lowest BCUT2D eigenvalue weighted by Crippen LogP contribution is -2.23. The molecule has 3 heteroatoms. The van der Waals surface area contributed by atoms with Gasteiger partial charge in [-0.3, -0.25) is 0 Å². The van der Waals surface area contributed by atoms with Crippen molar-refractivity contribution in [3.63, 3.8) is 0 Å². The summed E-state index contributed by atoms with van der Waals surface area (Å²) in [6.07, 6.45) is 5.67. The van der Waals surface area contributed by atoms with Crippen LogP contribution < -0.4 is 10.2 Å². The van der Waals surface area contributed by atoms with E-state index in [1.807, 2.05) is 12.3 Å². The lowest BCUT2D eigenvalue weighted by molar-refractivity contribution is 0.689. The molecule has 0 unspecified atom stereocenters. The molecule has 96 valence electrons. The van der Waals surface area contributed by atoms with Crippen molar-refractivity contribution in [3.05, 3.63) is 23.9 Å². The van der Waals surface area contributed by atoms with Crippen molar-refractivity contribution >= 4 is 5.82 Å². The standard InChI is InChI=1S/C14H25N3/c1-4-6-7-11-17(3)14-13(12-15-5-2)9-8-10-16-14/h8-10,15H,4-7,11-12H2,1-3H3. The third kappa shape index (κ3) is 4.73. The Morgan fingerprint density at radius 3 is 2.82 bits per heavy atom. The van der Waals surface area contributed by atoms with Crippen LogP contribution in [0.15, 0.2) is 18.3 Å². The highest BCUT2D eigenvalue weighted by atomic mass is 15.2. The van der Waals surface area contributed by atoms with Gasteiger partial charge >= 0.3 is 0 Å². The first-order valence-electron chi connectivity index (χ1n) is 6.65. The molecular formula is C14H25N3. The molecule has 1 heterocycles. The summed E-state index contributed by atoms with van der Waals surface area (Å²) in [6.45, 7) is 7.34. The maximum Gasteiger partial charge on any atom is 0.132 e. The smallest absolute Gasteiger partial charge is 0.132 e. The van der Waals surface area contributed by atoms with Crippen LogP contribution in [-0.2, 0) is 6.54 Å². The molecule has 0 saturated carbocycles. The van der Waals surface area contributed by atoms with Gasteiger partial charge in [0.2, 0.25) is 0 Å². The molecule has 0 aromatic carbocycles. The Morgan fingerprint density at radius 2 is 2.12 bits per heavy atom. The van der Waals surface area contributed by atoms with E-state index < -0.39 is 0 Å². The zero-order valence-electron chi connectivity index (χ0n) is 11.4. The van der Waals surface area contributed by atoms with Crippen LogP contribution in [0.3, 0.4) is 0 Å². The average molecular weight is 235 g/mol. The molecule has 0 aliphatic carbocycles. The average Bonchev–Trinajstić information content (AvgIpc) is 2.37. The number of anilines is 1. The molecule has 1 aromatic heterocycles. The van der Waals surface area contributed by atoms with Crippen molar-refractivity contribution in [2.45, 2.75) is 39.7 Å². The van der Waals surface area contributed by atoms with Crippen molar-refractivity contribution in [2.24, 2.45) is 0 Å². The number of hydrogen-bond acceptors (Lipinski definition) is 3. The zero-order valence-corrected chi connectivity index (χ0v) is 11.4. The first-order chi connectivity index (χ1) is 8.29. The van der Waals surface area contributed by atoms with Crippen molar-refractivity contribution in [1.29, 1.82) is 0 Å². The van der Waals surface area contributed by atoms with Crippen molar-refractivity contribution in [2.75, 3.05) is 25.0 Å². The van der Waals surface area contributed by atoms with Gasteiger partial charge in [0.05, 0.1) is 0 Å². The molecule has 0 radical (unpaired) electrons. The first kappa shape index (κ1) is 14.0. The fourth-order valence-electron chi connectivity index (χ4n) is 1.88. The van der Waals surface area contributed by atoms with Crippen LogP contribution in [-0.4, -0.2) is 25.1 Å². The SMILES string of the molecule is CCCCCN(C)c1ncccc1CNCC. The molecule has 1 rings (SSSR count). The summed E-state index contributed by atoms with van der Waals surface area (Å²) in [5, 5.41) is 3.36. The molecule has 1 aromatic rings. The number of pyridine rings is 1. The van der Waals surface area contributed by atoms with Gasteiger partial charge in [0.25, 0.3) is 0 Å². The van der Waals surface area contributed by atoms with Gasteiger partial charge in [0, 0.05) is 31.9 Å². The fourth-order valence-corrected chi connectivity index (χ4v) is 1.88. The monoisotopic (exact) mass is 235 g/mol. The van der Waals surface area contributed by atoms with Crippen LogP contribution in [0.4, 0.5) is 5.82 Å². The molecule has 0 aliphatic heterocycles. The molecule has 17 heavy (non-hydrogen) atoms. The third-order valence-corrected chi connectivity index (χ3v) is 2.89. The van der Waals surface area contributed by atoms with Crippen molar-refractivity contribution in [1.82, 2.24) is 10.3 Å². The summed E-state index contributed by atoms with van der Waals surface area (Å²) in [5.41, 5.74) is 1.29. The van der Waals surface area contributed by atoms with E-state index >= 15 is 0 Å². The fraction of sp³-hybridized carbons (Fsp3) is 0.643. The maximum absolute atomic E-state index is 4.50. The molecule has 0 atom stereocenters. The Labute approximate surface area is 105 Å². The van der Waals surface area contributed by atoms with Crippen LogP contribution in [0.25, 0.3) is 0 Å². The molecule has 0 bridgehead atoms. The van der Waals surface area contributed by atoms with Crippen molar-refractivity contribution < 1.29 is 0 Å². The van der Waals surface area contributed by atoms with E-state index in [-0.39, 0.29) is 0 Å². The summed E-state index contributed by atoms with van der Waals surface area (Å²) < 4.78 is 0. The second-order valence-corrected chi connectivity index (χ2v) is 4.40. The van der Waals surface area contributed by atoms with Crippen LogP contribution in [0.2, 0.25) is 0 Å². The topological polar surface area (TPSA) is 28.2 Å². The minimum atomic E-state index is 0.901. The number of nitrogens with zero attached hydrogens (tertiary/aromatic N) is 2. The van der Waals surface area contributed by atoms with Gasteiger partial charge in [0.1, 0.15) is 5.82 Å². The van der Waals surface area contributed by atoms with E-state index in [9.17, 15) is 0 Å². The van der Waals surface area contributed by atoms with Gasteiger partial charge in [-0.1, -0.05) is 32.8 Å². The predicted molar refractivity (Wildman–Crippen MR) is 74.4 cm³/mol. The van der Waals surface area contributed by atoms with Gasteiger partial charge in [-0.25, -0.2) is 4.98 Å². The summed E-state index contributed by atoms with van der Waals surface area (Å²) in [6, 6.07) is 4.16. The Balaban J connectivity index is 2.60. The summed E-state index contributed by atoms with van der Waals surface area (Å²) in [5.74, 6) is 1.12. The zero-order chi connectivity index (χ0) is 12.5. The van der Waals surface area contributed by atoms with E-state index in [4.69, 9.17) is 0 Å². The Kier molecular flexibility index (Phi) is 6.63. The number of unbranched alkanes of at least 4 members (excludes halogenated alkanes) is 2. The molecule has 0 amide bonds. The van der Waals surface area contributed by atoms with E-state index in [0.717, 1.165) is 25.5 Å². The lowest BCUT2D eigenvalue weighted by atomic mass is 10.2. The third-order valence-electron chi connectivity index (χ3n) is 2.89. The van der Waals surface area contributed by atoms with Crippen LogP contribution in [0, 0.1) is 0 Å². The van der Waals surface area contributed by atoms with E-state index in [0.29, 0.717) is 0 Å². The van der Waals surface area contributed by atoms with Crippen LogP contribution in [0.5, 0.6) is 0 Å². The molecule has 0 aliphatic rings. The van der Waals surface area contributed by atoms with Gasteiger partial charge in [-0.15, -0.1) is 0 Å².